The summed E-state index contributed by atoms with van der Waals surface area (Å²) in [4.78, 5) is 10.7. The summed E-state index contributed by atoms with van der Waals surface area (Å²) in [6, 6.07) is 9.35. The van der Waals surface area contributed by atoms with Gasteiger partial charge in [-0.1, -0.05) is 43.7 Å². The van der Waals surface area contributed by atoms with Crippen molar-refractivity contribution < 1.29 is 9.90 Å². The first-order chi connectivity index (χ1) is 13.4. The molecule has 2 rings (SSSR count). The van der Waals surface area contributed by atoms with E-state index in [1.165, 1.54) is 36.0 Å². The van der Waals surface area contributed by atoms with Crippen molar-refractivity contribution in [3.05, 3.63) is 41.5 Å². The van der Waals surface area contributed by atoms with Crippen LogP contribution in [-0.4, -0.2) is 30.0 Å². The lowest BCUT2D eigenvalue weighted by atomic mass is 9.89. The Hall–Kier alpha value is -2.38. The van der Waals surface area contributed by atoms with E-state index in [0.717, 1.165) is 6.42 Å². The fourth-order valence-electron chi connectivity index (χ4n) is 3.32. The lowest BCUT2D eigenvalue weighted by molar-refractivity contribution is -0.141. The molecule has 0 fully saturated rings. The molecule has 0 spiro atoms. The molecule has 0 saturated heterocycles. The summed E-state index contributed by atoms with van der Waals surface area (Å²) in [5.74, 6) is 3.78. The van der Waals surface area contributed by atoms with Gasteiger partial charge in [0.2, 0.25) is 0 Å². The number of amidine groups is 1. The van der Waals surface area contributed by atoms with Gasteiger partial charge in [-0.3, -0.25) is 4.79 Å². The highest BCUT2D eigenvalue weighted by Gasteiger charge is 2.17. The summed E-state index contributed by atoms with van der Waals surface area (Å²) in [6.45, 7) is 4.12. The van der Waals surface area contributed by atoms with Crippen LogP contribution in [0, 0.1) is 12.8 Å². The predicted octanol–water partition coefficient (Wildman–Crippen LogP) is 2.76. The van der Waals surface area contributed by atoms with Crippen LogP contribution < -0.4 is 22.4 Å². The van der Waals surface area contributed by atoms with Crippen molar-refractivity contribution >= 4 is 17.4 Å². The van der Waals surface area contributed by atoms with Gasteiger partial charge in [0, 0.05) is 12.5 Å². The van der Waals surface area contributed by atoms with Crippen molar-refractivity contribution in [2.24, 2.45) is 22.6 Å². The summed E-state index contributed by atoms with van der Waals surface area (Å²) in [6.07, 6.45) is 7.66. The number of allylic oxidation sites excluding steroid dienone is 1. The first kappa shape index (κ1) is 23.7. The maximum Gasteiger partial charge on any atom is 0.306 e. The Balaban J connectivity index is 0.000000284. The molecule has 0 aliphatic heterocycles. The maximum atomic E-state index is 10.7. The molecule has 7 heteroatoms. The molecular formula is C21H35N5O2. The lowest BCUT2D eigenvalue weighted by Gasteiger charge is -2.22. The van der Waals surface area contributed by atoms with E-state index in [1.54, 1.807) is 0 Å². The van der Waals surface area contributed by atoms with Crippen LogP contribution in [0.5, 0.6) is 0 Å². The number of aliphatic carboxylic acids is 1. The number of hydrogen-bond donors (Lipinski definition) is 5. The van der Waals surface area contributed by atoms with Crippen LogP contribution in [0.3, 0.4) is 0 Å². The second kappa shape index (κ2) is 12.9. The molecule has 1 aromatic rings. The molecule has 1 aliphatic carbocycles. The zero-order valence-corrected chi connectivity index (χ0v) is 17.2. The van der Waals surface area contributed by atoms with Gasteiger partial charge < -0.3 is 16.2 Å². The van der Waals surface area contributed by atoms with Gasteiger partial charge in [-0.15, -0.1) is 0 Å². The number of hydrogen-bond acceptors (Lipinski definition) is 5. The monoisotopic (exact) mass is 389 g/mol. The van der Waals surface area contributed by atoms with Crippen LogP contribution in [0.1, 0.15) is 56.6 Å². The van der Waals surface area contributed by atoms with Crippen molar-refractivity contribution in [2.45, 2.75) is 58.4 Å². The van der Waals surface area contributed by atoms with E-state index in [4.69, 9.17) is 16.7 Å². The minimum atomic E-state index is -0.850. The van der Waals surface area contributed by atoms with Gasteiger partial charge in [0.25, 0.3) is 0 Å². The molecule has 156 valence electrons. The average molecular weight is 390 g/mol. The SMILES string of the molecule is CCCC(C/C(N)=N/NN)C(=O)O.CNC1CC=C(c2ccccc2C)CC1. The third-order valence-corrected chi connectivity index (χ3v) is 4.96. The number of carboxylic acid groups (broad SMARTS) is 1. The molecule has 7 N–H and O–H groups in total. The standard InChI is InChI=1S/C14H19N.C7H16N4O2/c1-11-5-3-4-6-14(11)12-7-9-13(15-2)10-8-12;1-2-3-5(7(12)13)4-6(8)10-11-9/h3-7,13,15H,8-10H2,1-2H3;5,11H,2-4,9H2,1H3,(H2,8,10)(H,12,13). The number of hydrazone groups is 1. The number of rotatable bonds is 8. The van der Waals surface area contributed by atoms with Gasteiger partial charge in [-0.05, 0) is 56.4 Å². The minimum Gasteiger partial charge on any atom is -0.481 e. The van der Waals surface area contributed by atoms with Gasteiger partial charge in [0.15, 0.2) is 0 Å². The predicted molar refractivity (Wildman–Crippen MR) is 115 cm³/mol. The van der Waals surface area contributed by atoms with E-state index < -0.39 is 11.9 Å². The normalized spacial score (nSPS) is 17.8. The van der Waals surface area contributed by atoms with Crippen molar-refractivity contribution in [1.29, 1.82) is 0 Å². The first-order valence-corrected chi connectivity index (χ1v) is 9.85. The Kier molecular flexibility index (Phi) is 10.9. The topological polar surface area (TPSA) is 126 Å². The van der Waals surface area contributed by atoms with E-state index >= 15 is 0 Å². The zero-order valence-electron chi connectivity index (χ0n) is 17.2. The fraction of sp³-hybridized carbons (Fsp3) is 0.524. The quantitative estimate of drug-likeness (QED) is 0.201. The van der Waals surface area contributed by atoms with Crippen LogP contribution in [0.2, 0.25) is 0 Å². The molecule has 2 unspecified atom stereocenters. The van der Waals surface area contributed by atoms with E-state index in [1.807, 2.05) is 12.5 Å². The third-order valence-electron chi connectivity index (χ3n) is 4.96. The third kappa shape index (κ3) is 8.10. The molecule has 0 saturated carbocycles. The summed E-state index contributed by atoms with van der Waals surface area (Å²) < 4.78 is 0. The summed E-state index contributed by atoms with van der Waals surface area (Å²) in [5.41, 5.74) is 11.8. The second-order valence-corrected chi connectivity index (χ2v) is 7.06. The fourth-order valence-corrected chi connectivity index (χ4v) is 3.32. The molecule has 0 aromatic heterocycles. The van der Waals surface area contributed by atoms with Crippen molar-refractivity contribution in [2.75, 3.05) is 7.05 Å². The number of carbonyl (C=O) groups is 1. The Morgan fingerprint density at radius 2 is 2.11 bits per heavy atom. The minimum absolute atomic E-state index is 0.211. The molecule has 28 heavy (non-hydrogen) atoms. The van der Waals surface area contributed by atoms with Crippen LogP contribution in [0.25, 0.3) is 5.57 Å². The number of hydrazine groups is 1. The molecule has 1 aliphatic rings. The Morgan fingerprint density at radius 3 is 2.61 bits per heavy atom. The van der Waals surface area contributed by atoms with E-state index in [-0.39, 0.29) is 12.3 Å². The summed E-state index contributed by atoms with van der Waals surface area (Å²) in [7, 11) is 2.05. The number of nitrogens with zero attached hydrogens (tertiary/aromatic N) is 1. The van der Waals surface area contributed by atoms with E-state index in [0.29, 0.717) is 12.5 Å². The molecule has 0 amide bonds. The Labute approximate surface area is 168 Å². The smallest absolute Gasteiger partial charge is 0.306 e. The van der Waals surface area contributed by atoms with Crippen LogP contribution in [-0.2, 0) is 4.79 Å². The highest BCUT2D eigenvalue weighted by atomic mass is 16.4. The Bertz CT molecular complexity index is 673. The Morgan fingerprint density at radius 1 is 1.39 bits per heavy atom. The molecule has 2 atom stereocenters. The average Bonchev–Trinajstić information content (AvgIpc) is 2.69. The van der Waals surface area contributed by atoms with Crippen LogP contribution >= 0.6 is 0 Å². The van der Waals surface area contributed by atoms with Crippen molar-refractivity contribution in [3.63, 3.8) is 0 Å². The highest BCUT2D eigenvalue weighted by molar-refractivity contribution is 5.84. The van der Waals surface area contributed by atoms with Gasteiger partial charge in [0.1, 0.15) is 5.84 Å². The highest BCUT2D eigenvalue weighted by Crippen LogP contribution is 2.28. The molecule has 0 heterocycles. The van der Waals surface area contributed by atoms with Crippen molar-refractivity contribution in [3.8, 4) is 0 Å². The maximum absolute atomic E-state index is 10.7. The van der Waals surface area contributed by atoms with Gasteiger partial charge in [-0.25, -0.2) is 11.4 Å². The van der Waals surface area contributed by atoms with E-state index in [9.17, 15) is 4.79 Å². The molecule has 0 radical (unpaired) electrons. The van der Waals surface area contributed by atoms with Gasteiger partial charge >= 0.3 is 5.97 Å². The summed E-state index contributed by atoms with van der Waals surface area (Å²) >= 11 is 0. The molecule has 1 aromatic carbocycles. The van der Waals surface area contributed by atoms with Crippen molar-refractivity contribution in [1.82, 2.24) is 10.9 Å². The van der Waals surface area contributed by atoms with Gasteiger partial charge in [0.05, 0.1) is 5.92 Å². The van der Waals surface area contributed by atoms with Crippen LogP contribution in [0.4, 0.5) is 0 Å². The summed E-state index contributed by atoms with van der Waals surface area (Å²) in [5, 5.41) is 15.6. The van der Waals surface area contributed by atoms with E-state index in [2.05, 4.69) is 54.7 Å². The first-order valence-electron chi connectivity index (χ1n) is 9.85. The lowest BCUT2D eigenvalue weighted by Crippen LogP contribution is -2.27. The van der Waals surface area contributed by atoms with Crippen LogP contribution in [0.15, 0.2) is 35.4 Å². The molecular weight excluding hydrogens is 354 g/mol. The number of nitrogens with two attached hydrogens (primary N) is 2. The second-order valence-electron chi connectivity index (χ2n) is 7.06. The number of carboxylic acids is 1. The molecule has 7 nitrogen and oxygen atoms in total. The number of benzene rings is 1. The number of nitrogens with one attached hydrogen (secondary N) is 2. The zero-order chi connectivity index (χ0) is 20.9. The van der Waals surface area contributed by atoms with Gasteiger partial charge in [-0.2, -0.15) is 5.10 Å². The largest absolute Gasteiger partial charge is 0.481 e. The number of aryl methyl sites for hydroxylation is 1. The molecule has 0 bridgehead atoms.